The van der Waals surface area contributed by atoms with E-state index >= 15 is 0 Å². The monoisotopic (exact) mass is 577 g/mol. The summed E-state index contributed by atoms with van der Waals surface area (Å²) in [7, 11) is 1.61. The normalized spacial score (nSPS) is 11.0. The molecule has 0 amide bonds. The summed E-state index contributed by atoms with van der Waals surface area (Å²) >= 11 is 0. The molecule has 0 spiro atoms. The lowest BCUT2D eigenvalue weighted by molar-refractivity contribution is -0.139. The largest absolute Gasteiger partial charge is 0.493 e. The van der Waals surface area contributed by atoms with Gasteiger partial charge in [0.2, 0.25) is 0 Å². The number of nitriles is 1. The summed E-state index contributed by atoms with van der Waals surface area (Å²) in [5.74, 6) is 2.32. The van der Waals surface area contributed by atoms with Gasteiger partial charge < -0.3 is 23.7 Å². The number of rotatable bonds is 21. The molecule has 0 atom stereocenters. The highest BCUT2D eigenvalue weighted by molar-refractivity contribution is 5.90. The second kappa shape index (κ2) is 20.0. The highest BCUT2D eigenvalue weighted by atomic mass is 16.5. The van der Waals surface area contributed by atoms with Crippen LogP contribution in [0.3, 0.4) is 0 Å². The number of esters is 1. The highest BCUT2D eigenvalue weighted by Crippen LogP contribution is 2.33. The van der Waals surface area contributed by atoms with E-state index in [1.165, 1.54) is 32.1 Å². The summed E-state index contributed by atoms with van der Waals surface area (Å²) in [5.41, 5.74) is 2.56. The van der Waals surface area contributed by atoms with Gasteiger partial charge in [0.25, 0.3) is 0 Å². The molecule has 2 rings (SSSR count). The van der Waals surface area contributed by atoms with Gasteiger partial charge in [-0.3, -0.25) is 0 Å². The molecule has 7 nitrogen and oxygen atoms in total. The lowest BCUT2D eigenvalue weighted by atomic mass is 10.0. The van der Waals surface area contributed by atoms with Crippen LogP contribution in [0.1, 0.15) is 89.7 Å². The van der Waals surface area contributed by atoms with Crippen LogP contribution in [0, 0.1) is 11.3 Å². The Balaban J connectivity index is 1.76. The first-order valence-electron chi connectivity index (χ1n) is 15.1. The molecule has 228 valence electrons. The van der Waals surface area contributed by atoms with Gasteiger partial charge >= 0.3 is 5.97 Å². The molecule has 2 aromatic carbocycles. The molecule has 42 heavy (non-hydrogen) atoms. The highest BCUT2D eigenvalue weighted by Gasteiger charge is 2.11. The fourth-order valence-electron chi connectivity index (χ4n) is 4.37. The van der Waals surface area contributed by atoms with Crippen molar-refractivity contribution in [1.29, 1.82) is 5.26 Å². The van der Waals surface area contributed by atoms with E-state index in [-0.39, 0.29) is 5.97 Å². The standard InChI is InChI=1S/C35H47NO6/c1-6-39-32-19-17-28(24-34(32)40-7-2)23-30(26-36)29-18-20-31(33(25-29)38-5)41-21-15-13-11-9-8-10-12-14-16-22-42-35(37)27(3)4/h17-20,23-25H,3,6-16,21-22H2,1-2,4-5H3/b30-23+. The fourth-order valence-corrected chi connectivity index (χ4v) is 4.37. The molecular weight excluding hydrogens is 530 g/mol. The van der Waals surface area contributed by atoms with E-state index in [1.807, 2.05) is 56.3 Å². The average molecular weight is 578 g/mol. The Hall–Kier alpha value is -3.92. The van der Waals surface area contributed by atoms with Crippen molar-refractivity contribution in [3.05, 3.63) is 59.7 Å². The van der Waals surface area contributed by atoms with Crippen molar-refractivity contribution in [2.75, 3.05) is 33.5 Å². The zero-order valence-corrected chi connectivity index (χ0v) is 25.8. The van der Waals surface area contributed by atoms with Crippen molar-refractivity contribution >= 4 is 17.6 Å². The van der Waals surface area contributed by atoms with E-state index in [0.717, 1.165) is 36.8 Å². The summed E-state index contributed by atoms with van der Waals surface area (Å²) < 4.78 is 28.1. The Morgan fingerprint density at radius 1 is 0.786 bits per heavy atom. The molecule has 0 aromatic heterocycles. The first-order valence-corrected chi connectivity index (χ1v) is 15.1. The van der Waals surface area contributed by atoms with Gasteiger partial charge in [-0.05, 0) is 81.1 Å². The van der Waals surface area contributed by atoms with Gasteiger partial charge in [0.15, 0.2) is 23.0 Å². The van der Waals surface area contributed by atoms with Crippen molar-refractivity contribution in [3.63, 3.8) is 0 Å². The Labute approximate surface area is 252 Å². The van der Waals surface area contributed by atoms with E-state index < -0.39 is 0 Å². The molecule has 0 N–H and O–H groups in total. The summed E-state index contributed by atoms with van der Waals surface area (Å²) in [6.07, 6.45) is 11.9. The number of carbonyl (C=O) groups is 1. The van der Waals surface area contributed by atoms with Crippen molar-refractivity contribution in [2.45, 2.75) is 78.6 Å². The van der Waals surface area contributed by atoms with Gasteiger partial charge in [-0.1, -0.05) is 57.6 Å². The van der Waals surface area contributed by atoms with E-state index in [1.54, 1.807) is 14.0 Å². The number of hydrogen-bond acceptors (Lipinski definition) is 7. The van der Waals surface area contributed by atoms with Crippen LogP contribution >= 0.6 is 0 Å². The van der Waals surface area contributed by atoms with Crippen LogP contribution in [0.5, 0.6) is 23.0 Å². The molecule has 7 heteroatoms. The SMILES string of the molecule is C=C(C)C(=O)OCCCCCCCCCCCOc1ccc(/C(C#N)=C/c2ccc(OCC)c(OCC)c2)cc1OC. The van der Waals surface area contributed by atoms with Crippen LogP contribution in [0.4, 0.5) is 0 Å². The Kier molecular flexibility index (Phi) is 16.4. The number of benzene rings is 2. The second-order valence-corrected chi connectivity index (χ2v) is 10.1. The van der Waals surface area contributed by atoms with Gasteiger partial charge in [0, 0.05) is 5.57 Å². The molecule has 0 heterocycles. The number of methoxy groups -OCH3 is 1. The van der Waals surface area contributed by atoms with Crippen LogP contribution in [0.2, 0.25) is 0 Å². The predicted molar refractivity (Wildman–Crippen MR) is 168 cm³/mol. The Bertz CT molecular complexity index is 1200. The van der Waals surface area contributed by atoms with Crippen molar-refractivity contribution in [1.82, 2.24) is 0 Å². The summed E-state index contributed by atoms with van der Waals surface area (Å²) in [6.45, 7) is 11.3. The maximum absolute atomic E-state index is 11.3. The minimum Gasteiger partial charge on any atom is -0.493 e. The number of hydrogen-bond donors (Lipinski definition) is 0. The quantitative estimate of drug-likeness (QED) is 0.0483. The summed E-state index contributed by atoms with van der Waals surface area (Å²) in [4.78, 5) is 11.3. The third-order valence-electron chi connectivity index (χ3n) is 6.60. The molecule has 0 bridgehead atoms. The number of nitrogens with zero attached hydrogens (tertiary/aromatic N) is 1. The number of unbranched alkanes of at least 4 members (excludes halogenated alkanes) is 8. The third-order valence-corrected chi connectivity index (χ3v) is 6.60. The second-order valence-electron chi connectivity index (χ2n) is 10.1. The van der Waals surface area contributed by atoms with E-state index in [9.17, 15) is 10.1 Å². The molecule has 0 saturated heterocycles. The maximum atomic E-state index is 11.3. The van der Waals surface area contributed by atoms with E-state index in [2.05, 4.69) is 12.6 Å². The van der Waals surface area contributed by atoms with Crippen LogP contribution in [0.15, 0.2) is 48.6 Å². The number of allylic oxidation sites excluding steroid dienone is 1. The van der Waals surface area contributed by atoms with Crippen LogP contribution in [-0.2, 0) is 9.53 Å². The molecule has 0 aliphatic rings. The van der Waals surface area contributed by atoms with Gasteiger partial charge in [-0.25, -0.2) is 4.79 Å². The maximum Gasteiger partial charge on any atom is 0.333 e. The van der Waals surface area contributed by atoms with Gasteiger partial charge in [0.05, 0.1) is 45.2 Å². The topological polar surface area (TPSA) is 87.0 Å². The Morgan fingerprint density at radius 2 is 1.36 bits per heavy atom. The molecule has 0 saturated carbocycles. The van der Waals surface area contributed by atoms with Gasteiger partial charge in [-0.2, -0.15) is 5.26 Å². The average Bonchev–Trinajstić information content (AvgIpc) is 2.99. The van der Waals surface area contributed by atoms with E-state index in [0.29, 0.717) is 60.6 Å². The molecule has 0 aliphatic heterocycles. The van der Waals surface area contributed by atoms with Gasteiger partial charge in [-0.15, -0.1) is 0 Å². The number of carbonyl (C=O) groups excluding carboxylic acids is 1. The molecule has 0 aliphatic carbocycles. The molecular formula is C35H47NO6. The lowest BCUT2D eigenvalue weighted by Crippen LogP contribution is -2.05. The molecule has 0 fully saturated rings. The Morgan fingerprint density at radius 3 is 1.95 bits per heavy atom. The molecule has 0 unspecified atom stereocenters. The summed E-state index contributed by atoms with van der Waals surface area (Å²) in [5, 5.41) is 9.88. The van der Waals surface area contributed by atoms with Crippen molar-refractivity contribution < 1.29 is 28.5 Å². The minimum atomic E-state index is -0.298. The first-order chi connectivity index (χ1) is 20.4. The molecule has 0 radical (unpaired) electrons. The van der Waals surface area contributed by atoms with Crippen LogP contribution < -0.4 is 18.9 Å². The predicted octanol–water partition coefficient (Wildman–Crippen LogP) is 8.57. The minimum absolute atomic E-state index is 0.298. The zero-order chi connectivity index (χ0) is 30.6. The lowest BCUT2D eigenvalue weighted by Gasteiger charge is -2.13. The molecule has 2 aromatic rings. The van der Waals surface area contributed by atoms with Crippen molar-refractivity contribution in [3.8, 4) is 29.1 Å². The third kappa shape index (κ3) is 12.3. The fraction of sp³-hybridized carbons (Fsp3) is 0.486. The van der Waals surface area contributed by atoms with E-state index in [4.69, 9.17) is 23.7 Å². The van der Waals surface area contributed by atoms with Crippen LogP contribution in [-0.4, -0.2) is 39.5 Å². The van der Waals surface area contributed by atoms with Crippen LogP contribution in [0.25, 0.3) is 11.6 Å². The first kappa shape index (κ1) is 34.3. The summed E-state index contributed by atoms with van der Waals surface area (Å²) in [6, 6.07) is 13.5. The van der Waals surface area contributed by atoms with Crippen molar-refractivity contribution in [2.24, 2.45) is 0 Å². The smallest absolute Gasteiger partial charge is 0.333 e. The van der Waals surface area contributed by atoms with Gasteiger partial charge in [0.1, 0.15) is 0 Å². The number of ether oxygens (including phenoxy) is 5. The zero-order valence-electron chi connectivity index (χ0n) is 25.8.